The Morgan fingerprint density at radius 1 is 0.793 bits per heavy atom. The molecule has 3 rings (SSSR count). The molecule has 0 N–H and O–H groups in total. The number of hydrogen-bond donors (Lipinski definition) is 0. The highest BCUT2D eigenvalue weighted by Crippen LogP contribution is 2.43. The topological polar surface area (TPSA) is 9.23 Å². The van der Waals surface area contributed by atoms with E-state index in [0.29, 0.717) is 11.8 Å². The van der Waals surface area contributed by atoms with E-state index < -0.39 is 6.11 Å². The van der Waals surface area contributed by atoms with E-state index >= 15 is 0 Å². The Morgan fingerprint density at radius 2 is 1.31 bits per heavy atom. The summed E-state index contributed by atoms with van der Waals surface area (Å²) in [5, 5.41) is 0. The maximum atomic E-state index is 14.4. The van der Waals surface area contributed by atoms with Gasteiger partial charge in [-0.1, -0.05) is 38.7 Å². The van der Waals surface area contributed by atoms with Gasteiger partial charge < -0.3 is 4.74 Å². The summed E-state index contributed by atoms with van der Waals surface area (Å²) in [5.41, 5.74) is 0. The molecule has 0 radical (unpaired) electrons. The van der Waals surface area contributed by atoms with Gasteiger partial charge in [-0.2, -0.15) is 8.78 Å². The highest BCUT2D eigenvalue weighted by molar-refractivity contribution is 4.85. The average Bonchev–Trinajstić information content (AvgIpc) is 2.74. The molecule has 3 aliphatic rings. The summed E-state index contributed by atoms with van der Waals surface area (Å²) in [6.07, 6.45) is 15.7. The van der Waals surface area contributed by atoms with Crippen LogP contribution in [0.5, 0.6) is 0 Å². The summed E-state index contributed by atoms with van der Waals surface area (Å²) in [6, 6.07) is 0. The van der Waals surface area contributed by atoms with E-state index in [2.05, 4.69) is 13.5 Å². The largest absolute Gasteiger partial charge is 0.356 e. The number of hydrogen-bond acceptors (Lipinski definition) is 1. The SMILES string of the molecule is C=CC1CCC(CC(F)(F)OCC2CCC(C3CCC(CCC)CC3)CC2)CC1. The highest BCUT2D eigenvalue weighted by atomic mass is 19.3. The minimum Gasteiger partial charge on any atom is -0.320 e. The Morgan fingerprint density at radius 3 is 1.83 bits per heavy atom. The summed E-state index contributed by atoms with van der Waals surface area (Å²) < 4.78 is 33.9. The van der Waals surface area contributed by atoms with Gasteiger partial charge in [0.15, 0.2) is 0 Å². The predicted octanol–water partition coefficient (Wildman–Crippen LogP) is 8.39. The Bertz CT molecular complexity index is 467. The molecule has 0 heterocycles. The molecule has 0 saturated heterocycles. The first kappa shape index (κ1) is 23.2. The van der Waals surface area contributed by atoms with Crippen molar-refractivity contribution in [1.29, 1.82) is 0 Å². The van der Waals surface area contributed by atoms with Crippen LogP contribution in [0.25, 0.3) is 0 Å². The van der Waals surface area contributed by atoms with Crippen molar-refractivity contribution in [2.45, 2.75) is 109 Å². The van der Waals surface area contributed by atoms with E-state index in [1.807, 2.05) is 6.08 Å². The minimum atomic E-state index is -2.94. The predicted molar refractivity (Wildman–Crippen MR) is 117 cm³/mol. The number of halogens is 2. The van der Waals surface area contributed by atoms with Gasteiger partial charge in [0.1, 0.15) is 0 Å². The molecule has 3 heteroatoms. The molecule has 29 heavy (non-hydrogen) atoms. The molecule has 0 amide bonds. The fourth-order valence-corrected chi connectivity index (χ4v) is 6.45. The summed E-state index contributed by atoms with van der Waals surface area (Å²) in [7, 11) is 0. The fraction of sp³-hybridized carbons (Fsp3) is 0.923. The lowest BCUT2D eigenvalue weighted by Gasteiger charge is -2.38. The number of ether oxygens (including phenoxy) is 1. The molecule has 0 aromatic carbocycles. The first-order valence-electron chi connectivity index (χ1n) is 12.6. The van der Waals surface area contributed by atoms with Crippen molar-refractivity contribution in [2.24, 2.45) is 35.5 Å². The third-order valence-electron chi connectivity index (χ3n) is 8.43. The lowest BCUT2D eigenvalue weighted by atomic mass is 9.69. The zero-order valence-corrected chi connectivity index (χ0v) is 18.7. The molecule has 0 aromatic heterocycles. The van der Waals surface area contributed by atoms with Crippen LogP contribution in [-0.2, 0) is 4.74 Å². The first-order chi connectivity index (χ1) is 14.0. The summed E-state index contributed by atoms with van der Waals surface area (Å²) in [6.45, 7) is 6.39. The molecule has 0 unspecified atom stereocenters. The van der Waals surface area contributed by atoms with Gasteiger partial charge in [-0.3, -0.25) is 0 Å². The molecule has 168 valence electrons. The second-order valence-electron chi connectivity index (χ2n) is 10.5. The van der Waals surface area contributed by atoms with Crippen molar-refractivity contribution >= 4 is 0 Å². The highest BCUT2D eigenvalue weighted by Gasteiger charge is 2.37. The molecule has 3 fully saturated rings. The lowest BCUT2D eigenvalue weighted by molar-refractivity contribution is -0.256. The molecule has 0 atom stereocenters. The fourth-order valence-electron chi connectivity index (χ4n) is 6.45. The number of rotatable bonds is 9. The molecule has 3 saturated carbocycles. The van der Waals surface area contributed by atoms with Gasteiger partial charge in [0.25, 0.3) is 0 Å². The van der Waals surface area contributed by atoms with Crippen molar-refractivity contribution in [3.05, 3.63) is 12.7 Å². The van der Waals surface area contributed by atoms with Crippen LogP contribution in [0.2, 0.25) is 0 Å². The van der Waals surface area contributed by atoms with Crippen LogP contribution in [0.4, 0.5) is 8.78 Å². The Hall–Kier alpha value is -0.440. The summed E-state index contributed by atoms with van der Waals surface area (Å²) in [5.74, 6) is 3.68. The van der Waals surface area contributed by atoms with Gasteiger partial charge in [-0.05, 0) is 99.7 Å². The second kappa shape index (κ2) is 11.3. The van der Waals surface area contributed by atoms with Crippen molar-refractivity contribution in [2.75, 3.05) is 6.61 Å². The van der Waals surface area contributed by atoms with Gasteiger partial charge >= 0.3 is 6.11 Å². The lowest BCUT2D eigenvalue weighted by Crippen LogP contribution is -2.31. The van der Waals surface area contributed by atoms with Crippen molar-refractivity contribution in [3.8, 4) is 0 Å². The average molecular weight is 411 g/mol. The summed E-state index contributed by atoms with van der Waals surface area (Å²) >= 11 is 0. The maximum Gasteiger partial charge on any atom is 0.356 e. The Balaban J connectivity index is 1.32. The molecule has 0 aromatic rings. The molecule has 0 spiro atoms. The van der Waals surface area contributed by atoms with Gasteiger partial charge in [-0.15, -0.1) is 6.58 Å². The third kappa shape index (κ3) is 7.33. The molecular weight excluding hydrogens is 366 g/mol. The Labute approximate surface area is 178 Å². The minimum absolute atomic E-state index is 0.0901. The zero-order chi connectivity index (χ0) is 20.7. The molecule has 3 aliphatic carbocycles. The zero-order valence-electron chi connectivity index (χ0n) is 18.7. The van der Waals surface area contributed by atoms with Crippen molar-refractivity contribution in [3.63, 3.8) is 0 Å². The maximum absolute atomic E-state index is 14.4. The standard InChI is InChI=1S/C26H44F2O/c1-3-5-21-10-14-24(15-11-21)25-16-12-23(13-17-25)19-29-26(27,28)18-22-8-6-20(4-2)7-9-22/h4,20-25H,2-3,5-19H2,1H3. The van der Waals surface area contributed by atoms with E-state index in [0.717, 1.165) is 56.3 Å². The van der Waals surface area contributed by atoms with Crippen molar-refractivity contribution < 1.29 is 13.5 Å². The molecule has 1 nitrogen and oxygen atoms in total. The van der Waals surface area contributed by atoms with Crippen LogP contribution < -0.4 is 0 Å². The molecule has 0 bridgehead atoms. The van der Waals surface area contributed by atoms with Gasteiger partial charge in [0.05, 0.1) is 6.61 Å². The van der Waals surface area contributed by atoms with Gasteiger partial charge in [0, 0.05) is 6.42 Å². The number of allylic oxidation sites excluding steroid dienone is 1. The smallest absolute Gasteiger partial charge is 0.320 e. The Kier molecular flexibility index (Phi) is 9.02. The van der Waals surface area contributed by atoms with Crippen LogP contribution in [0.3, 0.4) is 0 Å². The second-order valence-corrected chi connectivity index (χ2v) is 10.5. The van der Waals surface area contributed by atoms with Gasteiger partial charge in [0.2, 0.25) is 0 Å². The van der Waals surface area contributed by atoms with E-state index in [1.54, 1.807) is 0 Å². The van der Waals surface area contributed by atoms with Crippen molar-refractivity contribution in [1.82, 2.24) is 0 Å². The van der Waals surface area contributed by atoms with Crippen LogP contribution >= 0.6 is 0 Å². The van der Waals surface area contributed by atoms with E-state index in [9.17, 15) is 8.78 Å². The van der Waals surface area contributed by atoms with Crippen LogP contribution in [-0.4, -0.2) is 12.7 Å². The van der Waals surface area contributed by atoms with Crippen LogP contribution in [0.15, 0.2) is 12.7 Å². The van der Waals surface area contributed by atoms with Gasteiger partial charge in [-0.25, -0.2) is 0 Å². The van der Waals surface area contributed by atoms with E-state index in [4.69, 9.17) is 4.74 Å². The monoisotopic (exact) mass is 410 g/mol. The van der Waals surface area contributed by atoms with E-state index in [1.165, 1.54) is 51.4 Å². The number of alkyl halides is 2. The molecule has 0 aliphatic heterocycles. The van der Waals surface area contributed by atoms with Crippen LogP contribution in [0.1, 0.15) is 103 Å². The molecular formula is C26H44F2O. The third-order valence-corrected chi connectivity index (χ3v) is 8.43. The normalized spacial score (nSPS) is 36.7. The van der Waals surface area contributed by atoms with Crippen LogP contribution in [0, 0.1) is 35.5 Å². The quantitative estimate of drug-likeness (QED) is 0.347. The summed E-state index contributed by atoms with van der Waals surface area (Å²) in [4.78, 5) is 0. The van der Waals surface area contributed by atoms with E-state index in [-0.39, 0.29) is 18.9 Å². The first-order valence-corrected chi connectivity index (χ1v) is 12.6.